The molecule has 1 saturated heterocycles. The van der Waals surface area contributed by atoms with Gasteiger partial charge in [0.2, 0.25) is 5.91 Å². The van der Waals surface area contributed by atoms with Gasteiger partial charge in [-0.3, -0.25) is 4.79 Å². The lowest BCUT2D eigenvalue weighted by atomic mass is 9.97. The van der Waals surface area contributed by atoms with Crippen molar-refractivity contribution in [3.05, 3.63) is 71.5 Å². The van der Waals surface area contributed by atoms with Gasteiger partial charge in [-0.1, -0.05) is 46.3 Å². The fourth-order valence-corrected chi connectivity index (χ4v) is 3.73. The molecule has 0 aliphatic carbocycles. The molecule has 6 heteroatoms. The van der Waals surface area contributed by atoms with E-state index in [4.69, 9.17) is 0 Å². The summed E-state index contributed by atoms with van der Waals surface area (Å²) in [6, 6.07) is 19.7. The van der Waals surface area contributed by atoms with Crippen LogP contribution in [0.1, 0.15) is 12.8 Å². The van der Waals surface area contributed by atoms with E-state index in [1.54, 1.807) is 6.33 Å². The number of carbonyl (C=O) groups excluding carboxylic acids is 1. The number of nitrogens with zero attached hydrogens (tertiary/aromatic N) is 3. The summed E-state index contributed by atoms with van der Waals surface area (Å²) < 4.78 is 0.993. The number of amides is 1. The molecule has 5 nitrogen and oxygen atoms in total. The van der Waals surface area contributed by atoms with Crippen LogP contribution in [0.2, 0.25) is 0 Å². The molecule has 4 rings (SSSR count). The Balaban J connectivity index is 1.46. The van der Waals surface area contributed by atoms with E-state index < -0.39 is 0 Å². The standard InChI is InChI=1S/C22H21BrN4O/c23-18-8-10-19(11-9-18)26-22(28)17-7-4-12-27(14-17)21-13-20(24-15-25-21)16-5-2-1-3-6-16/h1-3,5-6,8-11,13,15,17H,4,7,12,14H2,(H,26,28). The van der Waals surface area contributed by atoms with E-state index in [-0.39, 0.29) is 11.8 Å². The summed E-state index contributed by atoms with van der Waals surface area (Å²) >= 11 is 3.41. The van der Waals surface area contributed by atoms with Crippen LogP contribution in [-0.4, -0.2) is 29.0 Å². The van der Waals surface area contributed by atoms with Gasteiger partial charge in [-0.2, -0.15) is 0 Å². The maximum Gasteiger partial charge on any atom is 0.229 e. The minimum absolute atomic E-state index is 0.0596. The molecule has 0 spiro atoms. The number of piperidine rings is 1. The first-order valence-corrected chi connectivity index (χ1v) is 10.2. The van der Waals surface area contributed by atoms with Gasteiger partial charge in [0, 0.05) is 34.9 Å². The number of aromatic nitrogens is 2. The first-order valence-electron chi connectivity index (χ1n) is 9.38. The van der Waals surface area contributed by atoms with E-state index in [1.165, 1.54) is 0 Å². The van der Waals surface area contributed by atoms with E-state index in [0.717, 1.165) is 46.6 Å². The molecule has 1 amide bonds. The summed E-state index contributed by atoms with van der Waals surface area (Å²) in [6.45, 7) is 1.56. The third-order valence-corrected chi connectivity index (χ3v) is 5.48. The first kappa shape index (κ1) is 18.6. The van der Waals surface area contributed by atoms with Gasteiger partial charge in [0.05, 0.1) is 11.6 Å². The molecule has 3 aromatic rings. The number of hydrogen-bond acceptors (Lipinski definition) is 4. The van der Waals surface area contributed by atoms with Gasteiger partial charge < -0.3 is 10.2 Å². The van der Waals surface area contributed by atoms with Crippen molar-refractivity contribution in [1.29, 1.82) is 0 Å². The van der Waals surface area contributed by atoms with E-state index in [0.29, 0.717) is 6.54 Å². The van der Waals surface area contributed by atoms with Gasteiger partial charge in [-0.25, -0.2) is 9.97 Å². The largest absolute Gasteiger partial charge is 0.356 e. The van der Waals surface area contributed by atoms with Gasteiger partial charge in [0.25, 0.3) is 0 Å². The van der Waals surface area contributed by atoms with Crippen LogP contribution in [0.5, 0.6) is 0 Å². The topological polar surface area (TPSA) is 58.1 Å². The summed E-state index contributed by atoms with van der Waals surface area (Å²) in [5.41, 5.74) is 2.78. The molecule has 1 atom stereocenters. The smallest absolute Gasteiger partial charge is 0.229 e. The zero-order valence-electron chi connectivity index (χ0n) is 15.4. The number of rotatable bonds is 4. The molecule has 1 aliphatic rings. The molecule has 1 aromatic heterocycles. The molecule has 1 N–H and O–H groups in total. The molecule has 2 aromatic carbocycles. The van der Waals surface area contributed by atoms with Crippen LogP contribution in [0.15, 0.2) is 71.5 Å². The van der Waals surface area contributed by atoms with Gasteiger partial charge in [0.15, 0.2) is 0 Å². The summed E-state index contributed by atoms with van der Waals surface area (Å²) in [7, 11) is 0. The Kier molecular flexibility index (Phi) is 5.67. The molecular formula is C22H21BrN4O. The van der Waals surface area contributed by atoms with Crippen LogP contribution in [0.4, 0.5) is 11.5 Å². The van der Waals surface area contributed by atoms with Crippen molar-refractivity contribution in [2.45, 2.75) is 12.8 Å². The van der Waals surface area contributed by atoms with Crippen molar-refractivity contribution >= 4 is 33.3 Å². The van der Waals surface area contributed by atoms with E-state index in [1.807, 2.05) is 60.7 Å². The molecule has 1 fully saturated rings. The summed E-state index contributed by atoms with van der Waals surface area (Å²) in [6.07, 6.45) is 3.45. The number of carbonyl (C=O) groups is 1. The maximum absolute atomic E-state index is 12.7. The molecule has 1 unspecified atom stereocenters. The highest BCUT2D eigenvalue weighted by Crippen LogP contribution is 2.26. The van der Waals surface area contributed by atoms with Crippen molar-refractivity contribution in [3.63, 3.8) is 0 Å². The number of halogens is 1. The maximum atomic E-state index is 12.7. The van der Waals surface area contributed by atoms with Crippen molar-refractivity contribution in [1.82, 2.24) is 9.97 Å². The molecule has 142 valence electrons. The minimum atomic E-state index is -0.0625. The van der Waals surface area contributed by atoms with Crippen LogP contribution in [-0.2, 0) is 4.79 Å². The predicted octanol–water partition coefficient (Wildman–Crippen LogP) is 4.76. The second-order valence-electron chi connectivity index (χ2n) is 6.91. The molecule has 28 heavy (non-hydrogen) atoms. The highest BCUT2D eigenvalue weighted by molar-refractivity contribution is 9.10. The zero-order chi connectivity index (χ0) is 19.3. The van der Waals surface area contributed by atoms with Crippen LogP contribution in [0.25, 0.3) is 11.3 Å². The predicted molar refractivity (Wildman–Crippen MR) is 115 cm³/mol. The second-order valence-corrected chi connectivity index (χ2v) is 7.82. The summed E-state index contributed by atoms with van der Waals surface area (Å²) in [5, 5.41) is 3.03. The van der Waals surface area contributed by atoms with E-state index >= 15 is 0 Å². The van der Waals surface area contributed by atoms with Crippen molar-refractivity contribution in [3.8, 4) is 11.3 Å². The van der Waals surface area contributed by atoms with Crippen LogP contribution in [0, 0.1) is 5.92 Å². The highest BCUT2D eigenvalue weighted by atomic mass is 79.9. The van der Waals surface area contributed by atoms with Gasteiger partial charge in [-0.15, -0.1) is 0 Å². The minimum Gasteiger partial charge on any atom is -0.356 e. The quantitative estimate of drug-likeness (QED) is 0.640. The molecule has 2 heterocycles. The van der Waals surface area contributed by atoms with Crippen LogP contribution >= 0.6 is 15.9 Å². The Bertz CT molecular complexity index is 946. The lowest BCUT2D eigenvalue weighted by molar-refractivity contribution is -0.120. The SMILES string of the molecule is O=C(Nc1ccc(Br)cc1)C1CCCN(c2cc(-c3ccccc3)ncn2)C1. The highest BCUT2D eigenvalue weighted by Gasteiger charge is 2.27. The van der Waals surface area contributed by atoms with E-state index in [2.05, 4.69) is 36.1 Å². The Morgan fingerprint density at radius 2 is 1.86 bits per heavy atom. The summed E-state index contributed by atoms with van der Waals surface area (Å²) in [4.78, 5) is 23.8. The van der Waals surface area contributed by atoms with Crippen molar-refractivity contribution in [2.75, 3.05) is 23.3 Å². The molecular weight excluding hydrogens is 416 g/mol. The number of hydrogen-bond donors (Lipinski definition) is 1. The van der Waals surface area contributed by atoms with Crippen molar-refractivity contribution < 1.29 is 4.79 Å². The summed E-state index contributed by atoms with van der Waals surface area (Å²) in [5.74, 6) is 0.867. The number of nitrogens with one attached hydrogen (secondary N) is 1. The molecule has 1 aliphatic heterocycles. The van der Waals surface area contributed by atoms with E-state index in [9.17, 15) is 4.79 Å². The molecule has 0 bridgehead atoms. The first-order chi connectivity index (χ1) is 13.7. The van der Waals surface area contributed by atoms with Crippen LogP contribution in [0.3, 0.4) is 0 Å². The Morgan fingerprint density at radius 3 is 2.64 bits per heavy atom. The molecule has 0 saturated carbocycles. The lowest BCUT2D eigenvalue weighted by Gasteiger charge is -2.33. The van der Waals surface area contributed by atoms with Crippen LogP contribution < -0.4 is 10.2 Å². The lowest BCUT2D eigenvalue weighted by Crippen LogP contribution is -2.41. The monoisotopic (exact) mass is 436 g/mol. The fraction of sp³-hybridized carbons (Fsp3) is 0.227. The third-order valence-electron chi connectivity index (χ3n) is 4.95. The average molecular weight is 437 g/mol. The molecule has 0 radical (unpaired) electrons. The zero-order valence-corrected chi connectivity index (χ0v) is 17.0. The van der Waals surface area contributed by atoms with Gasteiger partial charge in [-0.05, 0) is 37.1 Å². The van der Waals surface area contributed by atoms with Crippen molar-refractivity contribution in [2.24, 2.45) is 5.92 Å². The van der Waals surface area contributed by atoms with Gasteiger partial charge in [0.1, 0.15) is 12.1 Å². The van der Waals surface area contributed by atoms with Gasteiger partial charge >= 0.3 is 0 Å². The normalized spacial score (nSPS) is 16.6. The Labute approximate surface area is 173 Å². The average Bonchev–Trinajstić information content (AvgIpc) is 2.76. The Morgan fingerprint density at radius 1 is 1.07 bits per heavy atom. The second kappa shape index (κ2) is 8.52. The Hall–Kier alpha value is -2.73. The fourth-order valence-electron chi connectivity index (χ4n) is 3.46. The number of anilines is 2. The third kappa shape index (κ3) is 4.39. The number of benzene rings is 2.